The van der Waals surface area contributed by atoms with Crippen molar-refractivity contribution in [1.29, 1.82) is 0 Å². The van der Waals surface area contributed by atoms with Gasteiger partial charge in [0, 0.05) is 11.3 Å². The highest BCUT2D eigenvalue weighted by Crippen LogP contribution is 2.42. The lowest BCUT2D eigenvalue weighted by Crippen LogP contribution is -2.29. The number of carbonyl (C=O) groups excluding carboxylic acids is 2. The van der Waals surface area contributed by atoms with Crippen LogP contribution in [0.15, 0.2) is 70.9 Å². The second kappa shape index (κ2) is 8.38. The van der Waals surface area contributed by atoms with Crippen LogP contribution in [0.3, 0.4) is 0 Å². The molecule has 1 saturated heterocycles. The van der Waals surface area contributed by atoms with Crippen LogP contribution in [0, 0.1) is 13.8 Å². The van der Waals surface area contributed by atoms with E-state index in [1.165, 1.54) is 11.2 Å². The molecule has 1 atom stereocenters. The summed E-state index contributed by atoms with van der Waals surface area (Å²) in [6.45, 7) is 7.70. The monoisotopic (exact) mass is 431 g/mol. The predicted octanol–water partition coefficient (Wildman–Crippen LogP) is 5.31. The number of anilines is 1. The Balaban J connectivity index is 1.85. The number of nitrogens with zero attached hydrogens (tertiary/aromatic N) is 1. The summed E-state index contributed by atoms with van der Waals surface area (Å²) in [6.07, 6.45) is 1.49. The van der Waals surface area contributed by atoms with Gasteiger partial charge in [-0.3, -0.25) is 14.5 Å². The third-order valence-corrected chi connectivity index (χ3v) is 5.24. The van der Waals surface area contributed by atoms with Crippen molar-refractivity contribution < 1.29 is 23.8 Å². The molecule has 0 saturated carbocycles. The van der Waals surface area contributed by atoms with Gasteiger partial charge >= 0.3 is 0 Å². The SMILES string of the molecule is Cc1cc(C)cc(N2C(=O)C(=O)/C(=C(\O)c3ccc(OC(C)C)cc3)C2c2ccco2)c1. The van der Waals surface area contributed by atoms with Crippen molar-refractivity contribution in [2.24, 2.45) is 0 Å². The van der Waals surface area contributed by atoms with Crippen LogP contribution >= 0.6 is 0 Å². The predicted molar refractivity (Wildman–Crippen MR) is 122 cm³/mol. The quantitative estimate of drug-likeness (QED) is 0.336. The molecular weight excluding hydrogens is 406 g/mol. The van der Waals surface area contributed by atoms with Gasteiger partial charge in [0.05, 0.1) is 17.9 Å². The van der Waals surface area contributed by atoms with Crippen molar-refractivity contribution in [3.05, 3.63) is 88.9 Å². The highest BCUT2D eigenvalue weighted by molar-refractivity contribution is 6.51. The number of benzene rings is 2. The Hall–Kier alpha value is -3.80. The summed E-state index contributed by atoms with van der Waals surface area (Å²) in [4.78, 5) is 27.6. The number of ketones is 1. The Labute approximate surface area is 186 Å². The molecule has 1 aromatic heterocycles. The van der Waals surface area contributed by atoms with E-state index in [4.69, 9.17) is 9.15 Å². The molecule has 2 heterocycles. The van der Waals surface area contributed by atoms with Gasteiger partial charge in [0.25, 0.3) is 11.7 Å². The van der Waals surface area contributed by atoms with E-state index in [-0.39, 0.29) is 17.4 Å². The number of rotatable bonds is 5. The Morgan fingerprint density at radius 2 is 1.69 bits per heavy atom. The summed E-state index contributed by atoms with van der Waals surface area (Å²) in [7, 11) is 0. The number of hydrogen-bond donors (Lipinski definition) is 1. The first kappa shape index (κ1) is 21.4. The van der Waals surface area contributed by atoms with Crippen molar-refractivity contribution >= 4 is 23.1 Å². The molecule has 1 unspecified atom stereocenters. The molecule has 1 amide bonds. The van der Waals surface area contributed by atoms with Crippen LogP contribution in [0.2, 0.25) is 0 Å². The minimum Gasteiger partial charge on any atom is -0.507 e. The topological polar surface area (TPSA) is 80.0 Å². The molecule has 2 aromatic carbocycles. The van der Waals surface area contributed by atoms with E-state index in [0.717, 1.165) is 11.1 Å². The van der Waals surface area contributed by atoms with E-state index in [0.29, 0.717) is 22.8 Å². The first-order chi connectivity index (χ1) is 15.3. The van der Waals surface area contributed by atoms with Gasteiger partial charge < -0.3 is 14.3 Å². The van der Waals surface area contributed by atoms with Crippen LogP contribution in [-0.4, -0.2) is 22.9 Å². The van der Waals surface area contributed by atoms with Crippen molar-refractivity contribution in [2.75, 3.05) is 4.90 Å². The number of aliphatic hydroxyl groups excluding tert-OH is 1. The zero-order chi connectivity index (χ0) is 23.0. The number of furan rings is 1. The fourth-order valence-corrected chi connectivity index (χ4v) is 4.02. The fraction of sp³-hybridized carbons (Fsp3) is 0.231. The minimum absolute atomic E-state index is 0.0107. The van der Waals surface area contributed by atoms with Crippen molar-refractivity contribution in [3.8, 4) is 5.75 Å². The minimum atomic E-state index is -0.877. The number of amides is 1. The molecule has 6 nitrogen and oxygen atoms in total. The van der Waals surface area contributed by atoms with Gasteiger partial charge in [-0.05, 0) is 87.4 Å². The summed E-state index contributed by atoms with van der Waals surface area (Å²) < 4.78 is 11.2. The van der Waals surface area contributed by atoms with E-state index in [1.807, 2.05) is 45.9 Å². The zero-order valence-corrected chi connectivity index (χ0v) is 18.5. The summed E-state index contributed by atoms with van der Waals surface area (Å²) in [5, 5.41) is 11.1. The molecule has 1 aliphatic rings. The third kappa shape index (κ3) is 3.91. The normalized spacial score (nSPS) is 17.9. The molecule has 0 radical (unpaired) electrons. The van der Waals surface area contributed by atoms with Crippen LogP contribution in [-0.2, 0) is 9.59 Å². The van der Waals surface area contributed by atoms with Crippen molar-refractivity contribution in [3.63, 3.8) is 0 Å². The molecular formula is C26H25NO5. The zero-order valence-electron chi connectivity index (χ0n) is 18.5. The largest absolute Gasteiger partial charge is 0.507 e. The molecule has 164 valence electrons. The summed E-state index contributed by atoms with van der Waals surface area (Å²) in [6, 6.07) is 14.9. The first-order valence-corrected chi connectivity index (χ1v) is 10.5. The van der Waals surface area contributed by atoms with Crippen LogP contribution in [0.5, 0.6) is 5.75 Å². The molecule has 0 aliphatic carbocycles. The average Bonchev–Trinajstić information content (AvgIpc) is 3.34. The Bertz CT molecular complexity index is 1170. The van der Waals surface area contributed by atoms with Crippen molar-refractivity contribution in [1.82, 2.24) is 0 Å². The van der Waals surface area contributed by atoms with E-state index in [1.54, 1.807) is 36.4 Å². The lowest BCUT2D eigenvalue weighted by molar-refractivity contribution is -0.132. The highest BCUT2D eigenvalue weighted by atomic mass is 16.5. The van der Waals surface area contributed by atoms with Gasteiger partial charge in [-0.1, -0.05) is 6.07 Å². The maximum absolute atomic E-state index is 13.1. The van der Waals surface area contributed by atoms with Gasteiger partial charge in [0.1, 0.15) is 23.3 Å². The van der Waals surface area contributed by atoms with Gasteiger partial charge in [-0.2, -0.15) is 0 Å². The number of carbonyl (C=O) groups is 2. The van der Waals surface area contributed by atoms with Crippen LogP contribution in [0.4, 0.5) is 5.69 Å². The van der Waals surface area contributed by atoms with Gasteiger partial charge in [-0.15, -0.1) is 0 Å². The molecule has 0 spiro atoms. The van der Waals surface area contributed by atoms with Crippen LogP contribution in [0.25, 0.3) is 5.76 Å². The molecule has 1 N–H and O–H groups in total. The lowest BCUT2D eigenvalue weighted by atomic mass is 9.99. The summed E-state index contributed by atoms with van der Waals surface area (Å²) in [5.41, 5.74) is 2.89. The second-order valence-electron chi connectivity index (χ2n) is 8.22. The first-order valence-electron chi connectivity index (χ1n) is 10.5. The molecule has 6 heteroatoms. The smallest absolute Gasteiger partial charge is 0.300 e. The third-order valence-electron chi connectivity index (χ3n) is 5.24. The molecule has 0 bridgehead atoms. The van der Waals surface area contributed by atoms with Gasteiger partial charge in [-0.25, -0.2) is 0 Å². The van der Waals surface area contributed by atoms with Crippen LogP contribution < -0.4 is 9.64 Å². The number of hydrogen-bond acceptors (Lipinski definition) is 5. The Morgan fingerprint density at radius 3 is 2.25 bits per heavy atom. The number of Topliss-reactive ketones (excluding diaryl/α,β-unsaturated/α-hetero) is 1. The van der Waals surface area contributed by atoms with E-state index >= 15 is 0 Å². The van der Waals surface area contributed by atoms with Gasteiger partial charge in [0.15, 0.2) is 0 Å². The maximum atomic E-state index is 13.1. The van der Waals surface area contributed by atoms with E-state index in [2.05, 4.69) is 0 Å². The molecule has 4 rings (SSSR count). The van der Waals surface area contributed by atoms with E-state index in [9.17, 15) is 14.7 Å². The number of ether oxygens (including phenoxy) is 1. The number of aliphatic hydroxyl groups is 1. The molecule has 3 aromatic rings. The maximum Gasteiger partial charge on any atom is 0.300 e. The molecule has 32 heavy (non-hydrogen) atoms. The Kier molecular flexibility index (Phi) is 5.61. The standard InChI is InChI=1S/C26H25NO5/c1-15(2)32-20-9-7-18(8-10-20)24(28)22-23(21-6-5-11-31-21)27(26(30)25(22)29)19-13-16(3)12-17(4)14-19/h5-15,23,28H,1-4H3/b24-22-. The highest BCUT2D eigenvalue weighted by Gasteiger charge is 2.48. The summed E-state index contributed by atoms with van der Waals surface area (Å²) in [5.74, 6) is -0.685. The van der Waals surface area contributed by atoms with Crippen LogP contribution in [0.1, 0.15) is 42.3 Å². The molecule has 1 aliphatic heterocycles. The fourth-order valence-electron chi connectivity index (χ4n) is 4.02. The lowest BCUT2D eigenvalue weighted by Gasteiger charge is -2.24. The molecule has 1 fully saturated rings. The van der Waals surface area contributed by atoms with Gasteiger partial charge in [0.2, 0.25) is 0 Å². The second-order valence-corrected chi connectivity index (χ2v) is 8.22. The average molecular weight is 431 g/mol. The summed E-state index contributed by atoms with van der Waals surface area (Å²) >= 11 is 0. The van der Waals surface area contributed by atoms with Crippen molar-refractivity contribution in [2.45, 2.75) is 39.8 Å². The van der Waals surface area contributed by atoms with E-state index < -0.39 is 17.7 Å². The number of aryl methyl sites for hydroxylation is 2. The Morgan fingerprint density at radius 1 is 1.03 bits per heavy atom.